The number of nitrogens with one attached hydrogen (secondary N) is 1. The predicted molar refractivity (Wildman–Crippen MR) is 91.9 cm³/mol. The number of likely N-dealkylation sites (N-methyl/N-ethyl adjacent to an activating group) is 1. The van der Waals surface area contributed by atoms with Crippen LogP contribution in [0.1, 0.15) is 55.0 Å². The molecule has 0 amide bonds. The number of rotatable bonds is 6. The predicted octanol–water partition coefficient (Wildman–Crippen LogP) is 4.88. The molecule has 0 heterocycles. The molecule has 2 aromatic rings. The van der Waals surface area contributed by atoms with Crippen molar-refractivity contribution in [3.05, 3.63) is 70.8 Å². The molecule has 21 heavy (non-hydrogen) atoms. The Kier molecular flexibility index (Phi) is 5.58. The van der Waals surface area contributed by atoms with Crippen LogP contribution in [0.25, 0.3) is 0 Å². The molecule has 0 spiro atoms. The topological polar surface area (TPSA) is 12.0 Å². The molecule has 0 aromatic heterocycles. The van der Waals surface area contributed by atoms with Crippen LogP contribution in [-0.4, -0.2) is 7.05 Å². The second-order valence-electron chi connectivity index (χ2n) is 5.71. The van der Waals surface area contributed by atoms with Gasteiger partial charge in [0.1, 0.15) is 0 Å². The maximum Gasteiger partial charge on any atom is 0.0387 e. The van der Waals surface area contributed by atoms with E-state index in [-0.39, 0.29) is 0 Å². The van der Waals surface area contributed by atoms with E-state index in [0.717, 1.165) is 12.8 Å². The van der Waals surface area contributed by atoms with Crippen molar-refractivity contribution in [1.29, 1.82) is 0 Å². The second kappa shape index (κ2) is 7.42. The van der Waals surface area contributed by atoms with Crippen LogP contribution in [0.5, 0.6) is 0 Å². The molecule has 2 unspecified atom stereocenters. The van der Waals surface area contributed by atoms with Crippen molar-refractivity contribution < 1.29 is 0 Å². The fourth-order valence-corrected chi connectivity index (χ4v) is 3.10. The first-order chi connectivity index (χ1) is 10.2. The van der Waals surface area contributed by atoms with Crippen LogP contribution in [0.3, 0.4) is 0 Å². The van der Waals surface area contributed by atoms with Gasteiger partial charge in [0.05, 0.1) is 0 Å². The number of hydrogen-bond acceptors (Lipinski definition) is 1. The lowest BCUT2D eigenvalue weighted by molar-refractivity contribution is 0.504. The largest absolute Gasteiger partial charge is 0.312 e. The van der Waals surface area contributed by atoms with Crippen LogP contribution in [0.2, 0.25) is 0 Å². The first kappa shape index (κ1) is 15.8. The van der Waals surface area contributed by atoms with Gasteiger partial charge in [0.25, 0.3) is 0 Å². The Hall–Kier alpha value is -1.60. The minimum Gasteiger partial charge on any atom is -0.312 e. The Labute approximate surface area is 129 Å². The fourth-order valence-electron chi connectivity index (χ4n) is 3.10. The minimum absolute atomic E-state index is 0.355. The second-order valence-corrected chi connectivity index (χ2v) is 5.71. The van der Waals surface area contributed by atoms with E-state index in [9.17, 15) is 0 Å². The van der Waals surface area contributed by atoms with Gasteiger partial charge in [-0.25, -0.2) is 0 Å². The molecule has 1 N–H and O–H groups in total. The molecular formula is C20H27N. The van der Waals surface area contributed by atoms with E-state index in [2.05, 4.69) is 81.7 Å². The summed E-state index contributed by atoms with van der Waals surface area (Å²) < 4.78 is 0. The molecule has 2 aromatic carbocycles. The van der Waals surface area contributed by atoms with E-state index >= 15 is 0 Å². The first-order valence-corrected chi connectivity index (χ1v) is 8.05. The lowest BCUT2D eigenvalue weighted by Gasteiger charge is -2.27. The summed E-state index contributed by atoms with van der Waals surface area (Å²) >= 11 is 0. The van der Waals surface area contributed by atoms with Gasteiger partial charge < -0.3 is 5.32 Å². The zero-order chi connectivity index (χ0) is 15.2. The highest BCUT2D eigenvalue weighted by molar-refractivity contribution is 5.37. The average molecular weight is 281 g/mol. The highest BCUT2D eigenvalue weighted by Crippen LogP contribution is 2.33. The average Bonchev–Trinajstić information content (AvgIpc) is 2.56. The number of benzene rings is 2. The summed E-state index contributed by atoms with van der Waals surface area (Å²) in [5.41, 5.74) is 5.72. The van der Waals surface area contributed by atoms with Crippen LogP contribution >= 0.6 is 0 Å². The molecule has 2 atom stereocenters. The smallest absolute Gasteiger partial charge is 0.0387 e. The molecule has 0 radical (unpaired) electrons. The fraction of sp³-hybridized carbons (Fsp3) is 0.400. The number of hydrogen-bond donors (Lipinski definition) is 1. The molecule has 0 aliphatic heterocycles. The lowest BCUT2D eigenvalue weighted by atomic mass is 9.85. The zero-order valence-electron chi connectivity index (χ0n) is 13.7. The molecule has 2 rings (SSSR count). The molecule has 0 saturated heterocycles. The maximum absolute atomic E-state index is 3.54. The van der Waals surface area contributed by atoms with E-state index in [1.807, 2.05) is 0 Å². The van der Waals surface area contributed by atoms with Crippen molar-refractivity contribution in [1.82, 2.24) is 5.32 Å². The van der Waals surface area contributed by atoms with Gasteiger partial charge in [0.15, 0.2) is 0 Å². The summed E-state index contributed by atoms with van der Waals surface area (Å²) in [6.07, 6.45) is 2.17. The monoisotopic (exact) mass is 281 g/mol. The molecule has 0 saturated carbocycles. The van der Waals surface area contributed by atoms with Crippen molar-refractivity contribution in [2.24, 2.45) is 0 Å². The van der Waals surface area contributed by atoms with Crippen molar-refractivity contribution in [3.63, 3.8) is 0 Å². The van der Waals surface area contributed by atoms with E-state index in [4.69, 9.17) is 0 Å². The molecule has 0 fully saturated rings. The molecule has 0 aliphatic rings. The molecule has 1 heteroatoms. The van der Waals surface area contributed by atoms with Crippen molar-refractivity contribution in [3.8, 4) is 0 Å². The Balaban J connectivity index is 2.41. The van der Waals surface area contributed by atoms with Gasteiger partial charge in [-0.1, -0.05) is 69.3 Å². The highest BCUT2D eigenvalue weighted by Gasteiger charge is 2.21. The third kappa shape index (κ3) is 3.54. The third-order valence-corrected chi connectivity index (χ3v) is 4.47. The van der Waals surface area contributed by atoms with Crippen LogP contribution in [-0.2, 0) is 12.8 Å². The van der Waals surface area contributed by atoms with Crippen LogP contribution in [0.4, 0.5) is 0 Å². The van der Waals surface area contributed by atoms with E-state index in [1.54, 1.807) is 0 Å². The standard InChI is InChI=1S/C20H27N/c1-5-16-12-13-17(6-2)19(14-16)20(21-4)15(3)18-10-8-7-9-11-18/h7-15,20-21H,5-6H2,1-4H3. The molecule has 112 valence electrons. The summed E-state index contributed by atoms with van der Waals surface area (Å²) in [6, 6.07) is 18.1. The summed E-state index contributed by atoms with van der Waals surface area (Å²) in [5.74, 6) is 0.452. The quantitative estimate of drug-likeness (QED) is 0.796. The van der Waals surface area contributed by atoms with Crippen LogP contribution < -0.4 is 5.32 Å². The summed E-state index contributed by atoms with van der Waals surface area (Å²) in [5, 5.41) is 3.54. The van der Waals surface area contributed by atoms with E-state index in [0.29, 0.717) is 12.0 Å². The van der Waals surface area contributed by atoms with Crippen LogP contribution in [0.15, 0.2) is 48.5 Å². The summed E-state index contributed by atoms with van der Waals surface area (Å²) in [7, 11) is 2.07. The Bertz CT molecular complexity index is 559. The molecule has 0 bridgehead atoms. The van der Waals surface area contributed by atoms with Gasteiger partial charge in [0.2, 0.25) is 0 Å². The van der Waals surface area contributed by atoms with Gasteiger partial charge in [-0.05, 0) is 42.1 Å². The van der Waals surface area contributed by atoms with Crippen LogP contribution in [0, 0.1) is 0 Å². The maximum atomic E-state index is 3.54. The minimum atomic E-state index is 0.355. The molecular weight excluding hydrogens is 254 g/mol. The Morgan fingerprint density at radius 3 is 2.24 bits per heavy atom. The Morgan fingerprint density at radius 1 is 0.952 bits per heavy atom. The van der Waals surface area contributed by atoms with Crippen molar-refractivity contribution >= 4 is 0 Å². The molecule has 0 aliphatic carbocycles. The van der Waals surface area contributed by atoms with Crippen molar-refractivity contribution in [2.45, 2.75) is 45.6 Å². The molecule has 1 nitrogen and oxygen atoms in total. The normalized spacial score (nSPS) is 13.9. The highest BCUT2D eigenvalue weighted by atomic mass is 14.9. The van der Waals surface area contributed by atoms with Gasteiger partial charge >= 0.3 is 0 Å². The summed E-state index contributed by atoms with van der Waals surface area (Å²) in [6.45, 7) is 6.78. The van der Waals surface area contributed by atoms with E-state index in [1.165, 1.54) is 22.3 Å². The van der Waals surface area contributed by atoms with Gasteiger partial charge in [-0.3, -0.25) is 0 Å². The Morgan fingerprint density at radius 2 is 1.67 bits per heavy atom. The number of aryl methyl sites for hydroxylation is 2. The van der Waals surface area contributed by atoms with Gasteiger partial charge in [0, 0.05) is 12.0 Å². The van der Waals surface area contributed by atoms with Gasteiger partial charge in [-0.2, -0.15) is 0 Å². The SMILES string of the molecule is CCc1ccc(CC)c(C(NC)C(C)c2ccccc2)c1. The summed E-state index contributed by atoms with van der Waals surface area (Å²) in [4.78, 5) is 0. The zero-order valence-corrected chi connectivity index (χ0v) is 13.7. The van der Waals surface area contributed by atoms with Crippen molar-refractivity contribution in [2.75, 3.05) is 7.05 Å². The third-order valence-electron chi connectivity index (χ3n) is 4.47. The first-order valence-electron chi connectivity index (χ1n) is 8.05. The van der Waals surface area contributed by atoms with E-state index < -0.39 is 0 Å². The van der Waals surface area contributed by atoms with Gasteiger partial charge in [-0.15, -0.1) is 0 Å². The lowest BCUT2D eigenvalue weighted by Crippen LogP contribution is -2.23.